The van der Waals surface area contributed by atoms with Crippen LogP contribution in [0.2, 0.25) is 0 Å². The topological polar surface area (TPSA) is 92.2 Å². The van der Waals surface area contributed by atoms with E-state index in [0.717, 1.165) is 25.1 Å². The molecule has 2 aromatic heterocycles. The average molecular weight is 382 g/mol. The first-order valence-corrected chi connectivity index (χ1v) is 9.47. The lowest BCUT2D eigenvalue weighted by molar-refractivity contribution is 0.0671. The molecule has 8 heteroatoms. The number of aromatic nitrogens is 4. The number of nitrogens with zero attached hydrogens (tertiary/aromatic N) is 6. The van der Waals surface area contributed by atoms with E-state index in [1.54, 1.807) is 33.3 Å². The van der Waals surface area contributed by atoms with Crippen LogP contribution in [0, 0.1) is 19.8 Å². The fourth-order valence-corrected chi connectivity index (χ4v) is 3.56. The Labute approximate surface area is 165 Å². The standard InChI is InChI=1S/C20H26N6O2/c1-13-17(10-21-12-22-13)19(27)26-7-5-6-15(11-26)8-16-9-18(20(28)25(3)4)24-14(2)23-16/h9-10,12,15H,5-8,11H2,1-4H3/t15-/m0/s1. The molecule has 1 aliphatic rings. The molecule has 28 heavy (non-hydrogen) atoms. The molecule has 0 bridgehead atoms. The molecule has 0 aliphatic carbocycles. The van der Waals surface area contributed by atoms with Crippen LogP contribution in [0.25, 0.3) is 0 Å². The van der Waals surface area contributed by atoms with E-state index < -0.39 is 0 Å². The third-order valence-corrected chi connectivity index (χ3v) is 4.96. The van der Waals surface area contributed by atoms with Crippen molar-refractivity contribution in [1.29, 1.82) is 0 Å². The first-order chi connectivity index (χ1) is 13.3. The molecule has 1 saturated heterocycles. The van der Waals surface area contributed by atoms with Crippen LogP contribution in [0.5, 0.6) is 0 Å². The number of rotatable bonds is 4. The van der Waals surface area contributed by atoms with Gasteiger partial charge in [-0.2, -0.15) is 0 Å². The first kappa shape index (κ1) is 19.9. The van der Waals surface area contributed by atoms with Gasteiger partial charge < -0.3 is 9.80 Å². The Morgan fingerprint density at radius 3 is 2.75 bits per heavy atom. The summed E-state index contributed by atoms with van der Waals surface area (Å²) in [5, 5.41) is 0. The number of carbonyl (C=O) groups is 2. The zero-order valence-corrected chi connectivity index (χ0v) is 16.8. The largest absolute Gasteiger partial charge is 0.343 e. The highest BCUT2D eigenvalue weighted by atomic mass is 16.2. The summed E-state index contributed by atoms with van der Waals surface area (Å²) in [5.41, 5.74) is 2.50. The van der Waals surface area contributed by atoms with E-state index in [4.69, 9.17) is 0 Å². The van der Waals surface area contributed by atoms with E-state index in [1.165, 1.54) is 11.2 Å². The van der Waals surface area contributed by atoms with Crippen LogP contribution in [-0.4, -0.2) is 68.7 Å². The minimum Gasteiger partial charge on any atom is -0.343 e. The Balaban J connectivity index is 1.73. The van der Waals surface area contributed by atoms with E-state index in [9.17, 15) is 9.59 Å². The molecule has 2 amide bonds. The molecule has 0 aromatic carbocycles. The van der Waals surface area contributed by atoms with Crippen molar-refractivity contribution in [1.82, 2.24) is 29.7 Å². The van der Waals surface area contributed by atoms with Crippen LogP contribution < -0.4 is 0 Å². The molecule has 1 fully saturated rings. The van der Waals surface area contributed by atoms with Gasteiger partial charge in [0.25, 0.3) is 11.8 Å². The average Bonchev–Trinajstić information content (AvgIpc) is 2.67. The number of aryl methyl sites for hydroxylation is 2. The second kappa shape index (κ2) is 8.41. The first-order valence-electron chi connectivity index (χ1n) is 9.47. The lowest BCUT2D eigenvalue weighted by atomic mass is 9.92. The molecule has 3 heterocycles. The zero-order valence-electron chi connectivity index (χ0n) is 16.8. The minimum atomic E-state index is -0.133. The van der Waals surface area contributed by atoms with Crippen molar-refractivity contribution < 1.29 is 9.59 Å². The highest BCUT2D eigenvalue weighted by Crippen LogP contribution is 2.22. The van der Waals surface area contributed by atoms with E-state index in [-0.39, 0.29) is 11.8 Å². The van der Waals surface area contributed by atoms with Crippen molar-refractivity contribution >= 4 is 11.8 Å². The Morgan fingerprint density at radius 1 is 1.25 bits per heavy atom. The minimum absolute atomic E-state index is 0.0230. The van der Waals surface area contributed by atoms with Crippen LogP contribution in [0.15, 0.2) is 18.6 Å². The van der Waals surface area contributed by atoms with Gasteiger partial charge in [-0.15, -0.1) is 0 Å². The lowest BCUT2D eigenvalue weighted by Gasteiger charge is -2.33. The summed E-state index contributed by atoms with van der Waals surface area (Å²) >= 11 is 0. The van der Waals surface area contributed by atoms with Crippen molar-refractivity contribution in [3.63, 3.8) is 0 Å². The molecular weight excluding hydrogens is 356 g/mol. The summed E-state index contributed by atoms with van der Waals surface area (Å²) in [7, 11) is 3.42. The summed E-state index contributed by atoms with van der Waals surface area (Å²) in [5.74, 6) is 0.722. The van der Waals surface area contributed by atoms with Crippen LogP contribution in [0.4, 0.5) is 0 Å². The molecule has 8 nitrogen and oxygen atoms in total. The van der Waals surface area contributed by atoms with Gasteiger partial charge in [0.2, 0.25) is 0 Å². The van der Waals surface area contributed by atoms with Crippen molar-refractivity contribution in [2.24, 2.45) is 5.92 Å². The molecule has 3 rings (SSSR count). The van der Waals surface area contributed by atoms with Gasteiger partial charge in [-0.25, -0.2) is 19.9 Å². The predicted octanol–water partition coefficient (Wildman–Crippen LogP) is 1.68. The van der Waals surface area contributed by atoms with E-state index >= 15 is 0 Å². The number of carbonyl (C=O) groups excluding carboxylic acids is 2. The van der Waals surface area contributed by atoms with Crippen molar-refractivity contribution in [3.05, 3.63) is 47.1 Å². The third-order valence-electron chi connectivity index (χ3n) is 4.96. The highest BCUT2D eigenvalue weighted by Gasteiger charge is 2.26. The third kappa shape index (κ3) is 4.49. The van der Waals surface area contributed by atoms with Crippen molar-refractivity contribution in [2.45, 2.75) is 33.1 Å². The summed E-state index contributed by atoms with van der Waals surface area (Å²) in [6, 6.07) is 1.77. The molecule has 0 radical (unpaired) electrons. The second-order valence-electron chi connectivity index (χ2n) is 7.48. The maximum atomic E-state index is 12.9. The molecule has 0 unspecified atom stereocenters. The van der Waals surface area contributed by atoms with Gasteiger partial charge >= 0.3 is 0 Å². The molecular formula is C20H26N6O2. The van der Waals surface area contributed by atoms with Gasteiger partial charge in [-0.05, 0) is 45.1 Å². The Kier molecular flexibility index (Phi) is 5.96. The lowest BCUT2D eigenvalue weighted by Crippen LogP contribution is -2.41. The summed E-state index contributed by atoms with van der Waals surface area (Å²) in [6.45, 7) is 5.01. The van der Waals surface area contributed by atoms with Gasteiger partial charge in [0.15, 0.2) is 0 Å². The molecule has 0 saturated carbocycles. The highest BCUT2D eigenvalue weighted by molar-refractivity contribution is 5.95. The van der Waals surface area contributed by atoms with E-state index in [2.05, 4.69) is 19.9 Å². The fourth-order valence-electron chi connectivity index (χ4n) is 3.56. The molecule has 148 valence electrons. The summed E-state index contributed by atoms with van der Waals surface area (Å²) < 4.78 is 0. The van der Waals surface area contributed by atoms with Crippen LogP contribution >= 0.6 is 0 Å². The fraction of sp³-hybridized carbons (Fsp3) is 0.500. The maximum absolute atomic E-state index is 12.9. The van der Waals surface area contributed by atoms with Crippen molar-refractivity contribution in [2.75, 3.05) is 27.2 Å². The molecule has 2 aromatic rings. The normalized spacial score (nSPS) is 16.7. The van der Waals surface area contributed by atoms with Crippen molar-refractivity contribution in [3.8, 4) is 0 Å². The maximum Gasteiger partial charge on any atom is 0.272 e. The smallest absolute Gasteiger partial charge is 0.272 e. The van der Waals surface area contributed by atoms with Gasteiger partial charge in [0.1, 0.15) is 17.8 Å². The summed E-state index contributed by atoms with van der Waals surface area (Å²) in [6.07, 6.45) is 5.71. The Morgan fingerprint density at radius 2 is 2.04 bits per heavy atom. The monoisotopic (exact) mass is 382 g/mol. The van der Waals surface area contributed by atoms with Gasteiger partial charge in [-0.1, -0.05) is 0 Å². The Bertz CT molecular complexity index is 883. The number of likely N-dealkylation sites (tertiary alicyclic amines) is 1. The molecule has 0 N–H and O–H groups in total. The van der Waals surface area contributed by atoms with E-state index in [0.29, 0.717) is 41.7 Å². The molecule has 0 spiro atoms. The van der Waals surface area contributed by atoms with Gasteiger partial charge in [0.05, 0.1) is 11.3 Å². The number of amides is 2. The van der Waals surface area contributed by atoms with Crippen LogP contribution in [0.3, 0.4) is 0 Å². The number of hydrogen-bond donors (Lipinski definition) is 0. The quantitative estimate of drug-likeness (QED) is 0.799. The van der Waals surface area contributed by atoms with Gasteiger partial charge in [0, 0.05) is 39.1 Å². The number of hydrogen-bond acceptors (Lipinski definition) is 6. The SMILES string of the molecule is Cc1nc(C[C@@H]2CCCN(C(=O)c3cncnc3C)C2)cc(C(=O)N(C)C)n1. The second-order valence-corrected chi connectivity index (χ2v) is 7.48. The molecule has 1 aliphatic heterocycles. The van der Waals surface area contributed by atoms with Crippen LogP contribution in [0.1, 0.15) is 50.9 Å². The predicted molar refractivity (Wildman–Crippen MR) is 104 cm³/mol. The van der Waals surface area contributed by atoms with E-state index in [1.807, 2.05) is 11.8 Å². The Hall–Kier alpha value is -2.90. The zero-order chi connectivity index (χ0) is 20.3. The van der Waals surface area contributed by atoms with Crippen LogP contribution in [-0.2, 0) is 6.42 Å². The van der Waals surface area contributed by atoms with Gasteiger partial charge in [-0.3, -0.25) is 9.59 Å². The summed E-state index contributed by atoms with van der Waals surface area (Å²) in [4.78, 5) is 45.4. The number of piperidine rings is 1. The molecule has 1 atom stereocenters.